The molecule has 1 saturated heterocycles. The first kappa shape index (κ1) is 15.9. The van der Waals surface area contributed by atoms with Crippen molar-refractivity contribution in [1.82, 2.24) is 10.2 Å². The lowest BCUT2D eigenvalue weighted by molar-refractivity contribution is -0.380. The zero-order chi connectivity index (χ0) is 15.2. The van der Waals surface area contributed by atoms with Crippen LogP contribution in [0.4, 0.5) is 5.00 Å². The normalized spacial score (nSPS) is 16.8. The van der Waals surface area contributed by atoms with E-state index in [1.165, 1.54) is 25.0 Å². The highest BCUT2D eigenvalue weighted by molar-refractivity contribution is 7.17. The number of carbonyl (C=O) groups is 1. The number of rotatable bonds is 6. The van der Waals surface area contributed by atoms with E-state index in [1.54, 1.807) is 0 Å². The van der Waals surface area contributed by atoms with Crippen molar-refractivity contribution in [2.45, 2.75) is 26.2 Å². The molecular weight excluding hydrogens is 290 g/mol. The summed E-state index contributed by atoms with van der Waals surface area (Å²) in [5.74, 6) is 0.607. The van der Waals surface area contributed by atoms with Crippen molar-refractivity contribution in [3.8, 4) is 0 Å². The van der Waals surface area contributed by atoms with E-state index in [0.717, 1.165) is 43.3 Å². The third kappa shape index (κ3) is 4.78. The second kappa shape index (κ2) is 7.51. The second-order valence-corrected chi connectivity index (χ2v) is 6.59. The van der Waals surface area contributed by atoms with Gasteiger partial charge in [-0.15, -0.1) is 0 Å². The number of likely N-dealkylation sites (tertiary alicyclic amines) is 1. The van der Waals surface area contributed by atoms with Gasteiger partial charge in [-0.05, 0) is 50.9 Å². The number of hydrogen-bond acceptors (Lipinski definition) is 5. The Labute approximate surface area is 128 Å². The van der Waals surface area contributed by atoms with Crippen LogP contribution in [0.5, 0.6) is 0 Å². The van der Waals surface area contributed by atoms with Gasteiger partial charge in [0.15, 0.2) is 0 Å². The first-order valence-electron chi connectivity index (χ1n) is 7.31. The number of piperidine rings is 1. The summed E-state index contributed by atoms with van der Waals surface area (Å²) in [5, 5.41) is 13.4. The van der Waals surface area contributed by atoms with Crippen LogP contribution in [0.3, 0.4) is 0 Å². The lowest BCUT2D eigenvalue weighted by Crippen LogP contribution is -2.35. The topological polar surface area (TPSA) is 75.5 Å². The van der Waals surface area contributed by atoms with Crippen LogP contribution in [0.15, 0.2) is 12.1 Å². The van der Waals surface area contributed by atoms with Gasteiger partial charge >= 0.3 is 5.00 Å². The molecular formula is C14H21N3O3S. The minimum atomic E-state index is -0.473. The number of carbonyl (C=O) groups excluding carboxylic acids is 1. The summed E-state index contributed by atoms with van der Waals surface area (Å²) in [5.41, 5.74) is 0. The number of nitrogens with one attached hydrogen (secondary N) is 1. The molecule has 0 radical (unpaired) electrons. The van der Waals surface area contributed by atoms with Crippen molar-refractivity contribution < 1.29 is 9.72 Å². The van der Waals surface area contributed by atoms with Crippen molar-refractivity contribution in [1.29, 1.82) is 0 Å². The van der Waals surface area contributed by atoms with Gasteiger partial charge in [0.1, 0.15) is 0 Å². The van der Waals surface area contributed by atoms with Crippen LogP contribution in [0.25, 0.3) is 0 Å². The molecule has 1 aromatic heterocycles. The molecule has 0 saturated carbocycles. The maximum atomic E-state index is 11.8. The van der Waals surface area contributed by atoms with E-state index < -0.39 is 4.92 Å². The third-order valence-electron chi connectivity index (χ3n) is 3.81. The highest BCUT2D eigenvalue weighted by Crippen LogP contribution is 2.23. The molecule has 0 atom stereocenters. The van der Waals surface area contributed by atoms with Gasteiger partial charge in [-0.1, -0.05) is 18.3 Å². The summed E-state index contributed by atoms with van der Waals surface area (Å²) < 4.78 is 0. The summed E-state index contributed by atoms with van der Waals surface area (Å²) in [4.78, 5) is 24.8. The van der Waals surface area contributed by atoms with E-state index >= 15 is 0 Å². The quantitative estimate of drug-likeness (QED) is 0.497. The standard InChI is InChI=1S/C14H21N3O3S/c1-11-5-9-16(10-6-11)8-2-7-15-14(18)12-3-4-13(21-12)17(19)20/h3-4,11H,2,5-10H2,1H3,(H,15,18). The minimum Gasteiger partial charge on any atom is -0.351 e. The zero-order valence-corrected chi connectivity index (χ0v) is 13.0. The Morgan fingerprint density at radius 1 is 1.48 bits per heavy atom. The summed E-state index contributed by atoms with van der Waals surface area (Å²) in [6.07, 6.45) is 3.42. The monoisotopic (exact) mass is 311 g/mol. The second-order valence-electron chi connectivity index (χ2n) is 5.53. The van der Waals surface area contributed by atoms with Gasteiger partial charge in [-0.25, -0.2) is 0 Å². The fourth-order valence-electron chi connectivity index (χ4n) is 2.43. The number of nitrogens with zero attached hydrogens (tertiary/aromatic N) is 2. The van der Waals surface area contributed by atoms with Crippen molar-refractivity contribution in [2.24, 2.45) is 5.92 Å². The lowest BCUT2D eigenvalue weighted by atomic mass is 9.99. The van der Waals surface area contributed by atoms with E-state index in [9.17, 15) is 14.9 Å². The van der Waals surface area contributed by atoms with Crippen LogP contribution in [0.1, 0.15) is 35.9 Å². The Bertz CT molecular complexity index is 495. The molecule has 1 aliphatic heterocycles. The molecule has 116 valence electrons. The fraction of sp³-hybridized carbons (Fsp3) is 0.643. The van der Waals surface area contributed by atoms with E-state index in [1.807, 2.05) is 0 Å². The first-order valence-corrected chi connectivity index (χ1v) is 8.12. The van der Waals surface area contributed by atoms with Crippen LogP contribution < -0.4 is 5.32 Å². The molecule has 0 spiro atoms. The predicted molar refractivity (Wildman–Crippen MR) is 82.8 cm³/mol. The fourth-order valence-corrected chi connectivity index (χ4v) is 3.16. The number of nitro groups is 1. The average Bonchev–Trinajstić information content (AvgIpc) is 2.95. The van der Waals surface area contributed by atoms with Crippen LogP contribution >= 0.6 is 11.3 Å². The van der Waals surface area contributed by atoms with Gasteiger partial charge < -0.3 is 10.2 Å². The Hall–Kier alpha value is -1.47. The van der Waals surface area contributed by atoms with E-state index in [0.29, 0.717) is 11.4 Å². The van der Waals surface area contributed by atoms with Crippen LogP contribution in [-0.4, -0.2) is 41.9 Å². The third-order valence-corrected chi connectivity index (χ3v) is 4.84. The van der Waals surface area contributed by atoms with Gasteiger partial charge in [0.05, 0.1) is 9.80 Å². The number of amides is 1. The highest BCUT2D eigenvalue weighted by Gasteiger charge is 2.16. The van der Waals surface area contributed by atoms with Gasteiger partial charge in [0, 0.05) is 12.6 Å². The molecule has 2 rings (SSSR count). The molecule has 1 aliphatic rings. The summed E-state index contributed by atoms with van der Waals surface area (Å²) in [6.45, 7) is 6.18. The van der Waals surface area contributed by atoms with Gasteiger partial charge in [0.25, 0.3) is 5.91 Å². The predicted octanol–water partition coefficient (Wildman–Crippen LogP) is 2.51. The van der Waals surface area contributed by atoms with Crippen molar-refractivity contribution in [3.05, 3.63) is 27.1 Å². The molecule has 1 fully saturated rings. The summed E-state index contributed by atoms with van der Waals surface area (Å²) >= 11 is 0.914. The molecule has 0 unspecified atom stereocenters. The molecule has 2 heterocycles. The van der Waals surface area contributed by atoms with E-state index in [2.05, 4.69) is 17.1 Å². The molecule has 1 aromatic rings. The maximum Gasteiger partial charge on any atom is 0.324 e. The van der Waals surface area contributed by atoms with E-state index in [4.69, 9.17) is 0 Å². The molecule has 1 N–H and O–H groups in total. The van der Waals surface area contributed by atoms with Gasteiger partial charge in [-0.2, -0.15) is 0 Å². The Kier molecular flexibility index (Phi) is 5.69. The molecule has 0 aromatic carbocycles. The smallest absolute Gasteiger partial charge is 0.324 e. The first-order chi connectivity index (χ1) is 10.1. The molecule has 7 heteroatoms. The van der Waals surface area contributed by atoms with Crippen molar-refractivity contribution in [3.63, 3.8) is 0 Å². The van der Waals surface area contributed by atoms with Crippen LogP contribution in [0, 0.1) is 16.0 Å². The Morgan fingerprint density at radius 3 is 2.81 bits per heavy atom. The minimum absolute atomic E-state index is 0.00239. The molecule has 21 heavy (non-hydrogen) atoms. The van der Waals surface area contributed by atoms with Crippen LogP contribution in [-0.2, 0) is 0 Å². The highest BCUT2D eigenvalue weighted by atomic mass is 32.1. The SMILES string of the molecule is CC1CCN(CCCNC(=O)c2ccc([N+](=O)[O-])s2)CC1. The molecule has 1 amide bonds. The largest absolute Gasteiger partial charge is 0.351 e. The summed E-state index contributed by atoms with van der Waals surface area (Å²) in [6, 6.07) is 2.87. The van der Waals surface area contributed by atoms with Gasteiger partial charge in [0.2, 0.25) is 0 Å². The Morgan fingerprint density at radius 2 is 2.19 bits per heavy atom. The van der Waals surface area contributed by atoms with Crippen molar-refractivity contribution >= 4 is 22.2 Å². The number of hydrogen-bond donors (Lipinski definition) is 1. The lowest BCUT2D eigenvalue weighted by Gasteiger charge is -2.30. The zero-order valence-electron chi connectivity index (χ0n) is 12.2. The van der Waals surface area contributed by atoms with Crippen LogP contribution in [0.2, 0.25) is 0 Å². The summed E-state index contributed by atoms with van der Waals surface area (Å²) in [7, 11) is 0. The number of thiophene rings is 1. The molecule has 6 nitrogen and oxygen atoms in total. The molecule has 0 aliphatic carbocycles. The van der Waals surface area contributed by atoms with E-state index in [-0.39, 0.29) is 10.9 Å². The van der Waals surface area contributed by atoms with Crippen molar-refractivity contribution in [2.75, 3.05) is 26.2 Å². The average molecular weight is 311 g/mol. The Balaban J connectivity index is 1.66. The molecule has 0 bridgehead atoms. The van der Waals surface area contributed by atoms with Gasteiger partial charge in [-0.3, -0.25) is 14.9 Å². The maximum absolute atomic E-state index is 11.8.